The summed E-state index contributed by atoms with van der Waals surface area (Å²) in [6.45, 7) is 1.61. The molecule has 0 aliphatic carbocycles. The second-order valence-electron chi connectivity index (χ2n) is 3.43. The average molecular weight is 291 g/mol. The largest absolute Gasteiger partial charge is 0.383 e. The average Bonchev–Trinajstić information content (AvgIpc) is 2.29. The Hall–Kier alpha value is -0.600. The third-order valence-corrected chi connectivity index (χ3v) is 2.75. The molecule has 0 N–H and O–H groups in total. The molecule has 0 aliphatic heterocycles. The molecular formula is C11H19BrN2O2. The van der Waals surface area contributed by atoms with Crippen LogP contribution in [0.25, 0.3) is 0 Å². The molecule has 5 heteroatoms. The Balaban J connectivity index is 3.94. The molecule has 0 fully saturated rings. The third kappa shape index (κ3) is 7.66. The van der Waals surface area contributed by atoms with Crippen molar-refractivity contribution < 1.29 is 9.53 Å². The minimum absolute atomic E-state index is 0.119. The predicted octanol–water partition coefficient (Wildman–Crippen LogP) is 1.94. The molecule has 16 heavy (non-hydrogen) atoms. The maximum Gasteiger partial charge on any atom is 0.222 e. The molecule has 0 aromatic heterocycles. The van der Waals surface area contributed by atoms with E-state index < -0.39 is 0 Å². The minimum Gasteiger partial charge on any atom is -0.383 e. The standard InChI is InChI=1S/C11H19BrN2O2/c1-16-10-9-14(8-4-7-13)11(15)5-2-3-6-12/h2-6,8-10H2,1H3. The van der Waals surface area contributed by atoms with Crippen LogP contribution in [0.3, 0.4) is 0 Å². The van der Waals surface area contributed by atoms with Gasteiger partial charge in [-0.1, -0.05) is 15.9 Å². The monoisotopic (exact) mass is 290 g/mol. The summed E-state index contributed by atoms with van der Waals surface area (Å²) in [7, 11) is 1.61. The number of hydrogen-bond donors (Lipinski definition) is 0. The lowest BCUT2D eigenvalue weighted by atomic mass is 10.2. The second kappa shape index (κ2) is 10.9. The lowest BCUT2D eigenvalue weighted by molar-refractivity contribution is -0.131. The highest BCUT2D eigenvalue weighted by atomic mass is 79.9. The van der Waals surface area contributed by atoms with E-state index in [-0.39, 0.29) is 5.91 Å². The molecule has 0 radical (unpaired) electrons. The van der Waals surface area contributed by atoms with Crippen LogP contribution >= 0.6 is 15.9 Å². The number of alkyl halides is 1. The van der Waals surface area contributed by atoms with Crippen LogP contribution in [0.5, 0.6) is 0 Å². The molecule has 0 atom stereocenters. The van der Waals surface area contributed by atoms with Crippen LogP contribution in [-0.2, 0) is 9.53 Å². The van der Waals surface area contributed by atoms with Gasteiger partial charge in [-0.05, 0) is 12.8 Å². The number of ether oxygens (including phenoxy) is 1. The van der Waals surface area contributed by atoms with Crippen molar-refractivity contribution >= 4 is 21.8 Å². The van der Waals surface area contributed by atoms with Crippen LogP contribution < -0.4 is 0 Å². The van der Waals surface area contributed by atoms with Gasteiger partial charge in [0.2, 0.25) is 5.91 Å². The number of carbonyl (C=O) groups is 1. The zero-order chi connectivity index (χ0) is 12.2. The molecule has 0 saturated heterocycles. The van der Waals surface area contributed by atoms with Crippen LogP contribution in [0.2, 0.25) is 0 Å². The van der Waals surface area contributed by atoms with Crippen molar-refractivity contribution in [1.29, 1.82) is 5.26 Å². The van der Waals surface area contributed by atoms with Crippen molar-refractivity contribution in [1.82, 2.24) is 4.90 Å². The number of amides is 1. The first-order valence-corrected chi connectivity index (χ1v) is 6.58. The fourth-order valence-electron chi connectivity index (χ4n) is 1.28. The summed E-state index contributed by atoms with van der Waals surface area (Å²) in [4.78, 5) is 13.5. The van der Waals surface area contributed by atoms with Gasteiger partial charge in [-0.15, -0.1) is 0 Å². The molecule has 0 spiro atoms. The first-order valence-electron chi connectivity index (χ1n) is 5.46. The van der Waals surface area contributed by atoms with Gasteiger partial charge in [-0.2, -0.15) is 5.26 Å². The van der Waals surface area contributed by atoms with Gasteiger partial charge >= 0.3 is 0 Å². The zero-order valence-corrected chi connectivity index (χ0v) is 11.3. The van der Waals surface area contributed by atoms with E-state index >= 15 is 0 Å². The number of halogens is 1. The Morgan fingerprint density at radius 3 is 2.75 bits per heavy atom. The fourth-order valence-corrected chi connectivity index (χ4v) is 1.67. The van der Waals surface area contributed by atoms with E-state index in [9.17, 15) is 4.79 Å². The molecule has 4 nitrogen and oxygen atoms in total. The van der Waals surface area contributed by atoms with E-state index in [2.05, 4.69) is 22.0 Å². The van der Waals surface area contributed by atoms with Gasteiger partial charge in [0.15, 0.2) is 0 Å². The number of methoxy groups -OCH3 is 1. The summed E-state index contributed by atoms with van der Waals surface area (Å²) in [6.07, 6.45) is 2.83. The molecule has 92 valence electrons. The molecule has 0 heterocycles. The van der Waals surface area contributed by atoms with Crippen molar-refractivity contribution in [2.45, 2.75) is 25.7 Å². The Bertz CT molecular complexity index is 229. The molecule has 0 aromatic rings. The van der Waals surface area contributed by atoms with Crippen molar-refractivity contribution in [3.8, 4) is 6.07 Å². The number of nitriles is 1. The smallest absolute Gasteiger partial charge is 0.222 e. The summed E-state index contributed by atoms with van der Waals surface area (Å²) in [5.74, 6) is 0.119. The highest BCUT2D eigenvalue weighted by Crippen LogP contribution is 2.03. The highest BCUT2D eigenvalue weighted by Gasteiger charge is 2.11. The molecule has 0 bridgehead atoms. The SMILES string of the molecule is COCCN(CCC#N)C(=O)CCCCBr. The van der Waals surface area contributed by atoms with Crippen molar-refractivity contribution in [3.63, 3.8) is 0 Å². The zero-order valence-electron chi connectivity index (χ0n) is 9.75. The summed E-state index contributed by atoms with van der Waals surface area (Å²) in [5, 5.41) is 9.44. The van der Waals surface area contributed by atoms with Crippen molar-refractivity contribution in [2.75, 3.05) is 32.1 Å². The second-order valence-corrected chi connectivity index (χ2v) is 4.22. The lowest BCUT2D eigenvalue weighted by Gasteiger charge is -2.21. The third-order valence-electron chi connectivity index (χ3n) is 2.19. The first-order chi connectivity index (χ1) is 7.76. The molecule has 0 aromatic carbocycles. The number of rotatable bonds is 9. The van der Waals surface area contributed by atoms with E-state index in [1.807, 2.05) is 0 Å². The Kier molecular flexibility index (Phi) is 10.5. The van der Waals surface area contributed by atoms with Crippen molar-refractivity contribution in [2.24, 2.45) is 0 Å². The van der Waals surface area contributed by atoms with E-state index in [1.54, 1.807) is 12.0 Å². The van der Waals surface area contributed by atoms with Gasteiger partial charge in [0.1, 0.15) is 0 Å². The first kappa shape index (κ1) is 15.4. The molecule has 0 rings (SSSR count). The molecule has 0 unspecified atom stereocenters. The molecular weight excluding hydrogens is 272 g/mol. The van der Waals surface area contributed by atoms with Gasteiger partial charge < -0.3 is 9.64 Å². The van der Waals surface area contributed by atoms with E-state index in [0.717, 1.165) is 18.2 Å². The normalized spacial score (nSPS) is 9.81. The van der Waals surface area contributed by atoms with Crippen LogP contribution in [0.4, 0.5) is 0 Å². The van der Waals surface area contributed by atoms with Gasteiger partial charge in [-0.3, -0.25) is 4.79 Å². The van der Waals surface area contributed by atoms with Gasteiger partial charge in [-0.25, -0.2) is 0 Å². The summed E-state index contributed by atoms with van der Waals surface area (Å²) < 4.78 is 4.94. The quantitative estimate of drug-likeness (QED) is 0.482. The van der Waals surface area contributed by atoms with E-state index in [0.29, 0.717) is 32.5 Å². The molecule has 0 aliphatic rings. The lowest BCUT2D eigenvalue weighted by Crippen LogP contribution is -2.34. The number of nitrogens with zero attached hydrogens (tertiary/aromatic N) is 2. The van der Waals surface area contributed by atoms with Crippen molar-refractivity contribution in [3.05, 3.63) is 0 Å². The van der Waals surface area contributed by atoms with Gasteiger partial charge in [0, 0.05) is 32.0 Å². The minimum atomic E-state index is 0.119. The van der Waals surface area contributed by atoms with E-state index in [1.165, 1.54) is 0 Å². The number of unbranched alkanes of at least 4 members (excludes halogenated alkanes) is 1. The van der Waals surface area contributed by atoms with Gasteiger partial charge in [0.05, 0.1) is 19.1 Å². The topological polar surface area (TPSA) is 53.3 Å². The number of carbonyl (C=O) groups excluding carboxylic acids is 1. The van der Waals surface area contributed by atoms with Gasteiger partial charge in [0.25, 0.3) is 0 Å². The predicted molar refractivity (Wildman–Crippen MR) is 66.3 cm³/mol. The van der Waals surface area contributed by atoms with Crippen LogP contribution in [-0.4, -0.2) is 42.9 Å². The summed E-state index contributed by atoms with van der Waals surface area (Å²) in [5.41, 5.74) is 0. The van der Waals surface area contributed by atoms with E-state index in [4.69, 9.17) is 10.00 Å². The Morgan fingerprint density at radius 2 is 2.19 bits per heavy atom. The van der Waals surface area contributed by atoms with Crippen LogP contribution in [0, 0.1) is 11.3 Å². The number of hydrogen-bond acceptors (Lipinski definition) is 3. The maximum atomic E-state index is 11.8. The Morgan fingerprint density at radius 1 is 1.44 bits per heavy atom. The molecule has 0 saturated carbocycles. The summed E-state index contributed by atoms with van der Waals surface area (Å²) >= 11 is 3.33. The van der Waals surface area contributed by atoms with Crippen LogP contribution in [0.15, 0.2) is 0 Å². The maximum absolute atomic E-state index is 11.8. The van der Waals surface area contributed by atoms with Crippen LogP contribution in [0.1, 0.15) is 25.7 Å². The Labute approximate surface area is 106 Å². The molecule has 1 amide bonds. The summed E-state index contributed by atoms with van der Waals surface area (Å²) in [6, 6.07) is 2.05. The highest BCUT2D eigenvalue weighted by molar-refractivity contribution is 9.09. The fraction of sp³-hybridized carbons (Fsp3) is 0.818.